The average molecular weight is 447 g/mol. The zero-order chi connectivity index (χ0) is 21.3. The average Bonchev–Trinajstić information content (AvgIpc) is 3.19. The number of para-hydroxylation sites is 2. The van der Waals surface area contributed by atoms with Gasteiger partial charge in [-0.05, 0) is 29.8 Å². The number of ether oxygens (including phenoxy) is 2. The van der Waals surface area contributed by atoms with Gasteiger partial charge in [0, 0.05) is 5.25 Å². The fraction of sp³-hybridized carbons (Fsp3) is 0.333. The zero-order valence-electron chi connectivity index (χ0n) is 16.6. The molecule has 2 aliphatic rings. The van der Waals surface area contributed by atoms with Crippen LogP contribution in [0.3, 0.4) is 0 Å². The number of carbonyl (C=O) groups excluding carboxylic acids is 1. The van der Waals surface area contributed by atoms with E-state index in [-0.39, 0.29) is 35.1 Å². The van der Waals surface area contributed by atoms with Crippen LogP contribution in [0.2, 0.25) is 0 Å². The van der Waals surface area contributed by atoms with Crippen molar-refractivity contribution in [2.75, 3.05) is 30.6 Å². The maximum Gasteiger partial charge on any atom is 0.252 e. The molecule has 0 saturated carbocycles. The van der Waals surface area contributed by atoms with Crippen molar-refractivity contribution in [2.24, 2.45) is 4.99 Å². The first-order valence-electron chi connectivity index (χ1n) is 9.44. The van der Waals surface area contributed by atoms with Crippen LogP contribution in [0.15, 0.2) is 53.5 Å². The third-order valence-electron chi connectivity index (χ3n) is 5.15. The van der Waals surface area contributed by atoms with Gasteiger partial charge >= 0.3 is 0 Å². The number of aliphatic imine (C=N–C) groups is 1. The quantitative estimate of drug-likeness (QED) is 0.698. The van der Waals surface area contributed by atoms with Crippen LogP contribution in [0.4, 0.5) is 5.69 Å². The summed E-state index contributed by atoms with van der Waals surface area (Å²) in [5, 5.41) is 0.357. The van der Waals surface area contributed by atoms with E-state index in [1.54, 1.807) is 26.4 Å². The Balaban J connectivity index is 1.64. The second-order valence-corrected chi connectivity index (χ2v) is 10.5. The summed E-state index contributed by atoms with van der Waals surface area (Å²) < 4.78 is 35.0. The first kappa shape index (κ1) is 20.7. The molecule has 4 rings (SSSR count). The first-order valence-corrected chi connectivity index (χ1v) is 12.1. The fourth-order valence-corrected chi connectivity index (χ4v) is 7.66. The molecule has 2 heterocycles. The van der Waals surface area contributed by atoms with Gasteiger partial charge < -0.3 is 14.4 Å². The van der Waals surface area contributed by atoms with Crippen LogP contribution in [0.1, 0.15) is 5.56 Å². The van der Waals surface area contributed by atoms with Crippen LogP contribution in [0, 0.1) is 0 Å². The fourth-order valence-electron chi connectivity index (χ4n) is 3.74. The summed E-state index contributed by atoms with van der Waals surface area (Å²) in [5.74, 6) is 1.16. The second kappa shape index (κ2) is 8.31. The van der Waals surface area contributed by atoms with E-state index in [1.807, 2.05) is 41.3 Å². The lowest BCUT2D eigenvalue weighted by molar-refractivity contribution is -0.117. The number of thioether (sulfide) groups is 1. The Kier molecular flexibility index (Phi) is 5.75. The Hall–Kier alpha value is -2.52. The first-order chi connectivity index (χ1) is 14.4. The van der Waals surface area contributed by atoms with E-state index in [4.69, 9.17) is 9.47 Å². The van der Waals surface area contributed by atoms with Crippen molar-refractivity contribution in [3.05, 3.63) is 54.1 Å². The summed E-state index contributed by atoms with van der Waals surface area (Å²) in [6, 6.07) is 14.4. The van der Waals surface area contributed by atoms with Gasteiger partial charge in [-0.3, -0.25) is 4.79 Å². The summed E-state index contributed by atoms with van der Waals surface area (Å²) in [6.07, 6.45) is 0.154. The number of rotatable bonds is 5. The van der Waals surface area contributed by atoms with Crippen molar-refractivity contribution in [1.29, 1.82) is 0 Å². The Bertz CT molecular complexity index is 1080. The topological polar surface area (TPSA) is 85.3 Å². The van der Waals surface area contributed by atoms with Gasteiger partial charge in [-0.1, -0.05) is 36.0 Å². The molecule has 0 spiro atoms. The summed E-state index contributed by atoms with van der Waals surface area (Å²) in [6.45, 7) is 0. The van der Waals surface area contributed by atoms with Crippen molar-refractivity contribution in [3.8, 4) is 11.5 Å². The highest BCUT2D eigenvalue weighted by Gasteiger charge is 2.50. The van der Waals surface area contributed by atoms with Crippen LogP contribution in [-0.2, 0) is 21.1 Å². The van der Waals surface area contributed by atoms with Gasteiger partial charge in [-0.15, -0.1) is 0 Å². The predicted molar refractivity (Wildman–Crippen MR) is 118 cm³/mol. The smallest absolute Gasteiger partial charge is 0.252 e. The lowest BCUT2D eigenvalue weighted by atomic mass is 10.1. The molecule has 0 radical (unpaired) electrons. The van der Waals surface area contributed by atoms with Crippen molar-refractivity contribution in [2.45, 2.75) is 17.7 Å². The molecule has 2 aromatic carbocycles. The van der Waals surface area contributed by atoms with Gasteiger partial charge in [0.1, 0.15) is 11.5 Å². The number of hydrogen-bond donors (Lipinski definition) is 0. The summed E-state index contributed by atoms with van der Waals surface area (Å²) in [7, 11) is 0.0281. The van der Waals surface area contributed by atoms with Gasteiger partial charge in [-0.2, -0.15) is 4.99 Å². The number of nitrogens with zero attached hydrogens (tertiary/aromatic N) is 2. The molecule has 7 nitrogen and oxygen atoms in total. The number of methoxy groups -OCH3 is 2. The molecule has 0 N–H and O–H groups in total. The third-order valence-corrected chi connectivity index (χ3v) is 8.36. The van der Waals surface area contributed by atoms with Crippen LogP contribution in [-0.4, -0.2) is 56.5 Å². The molecule has 0 bridgehead atoms. The Morgan fingerprint density at radius 2 is 1.83 bits per heavy atom. The summed E-state index contributed by atoms with van der Waals surface area (Å²) in [5.41, 5.74) is 1.55. The molecule has 2 fully saturated rings. The standard InChI is InChI=1S/C21H22N2O5S2/c1-27-15-9-7-14(8-10-15)11-20(24)22-21-23(16-5-3-4-6-18(16)28-2)17-12-30(25,26)13-19(17)29-21/h3-10,17,19H,11-13H2,1-2H3/t17-,19-/m0/s1. The van der Waals surface area contributed by atoms with E-state index >= 15 is 0 Å². The molecule has 0 aliphatic carbocycles. The van der Waals surface area contributed by atoms with Crippen LogP contribution in [0.25, 0.3) is 0 Å². The van der Waals surface area contributed by atoms with Gasteiger partial charge in [-0.25, -0.2) is 8.42 Å². The molecular formula is C21H22N2O5S2. The Morgan fingerprint density at radius 3 is 2.53 bits per heavy atom. The van der Waals surface area contributed by atoms with E-state index < -0.39 is 9.84 Å². The molecule has 2 saturated heterocycles. The van der Waals surface area contributed by atoms with E-state index in [2.05, 4.69) is 4.99 Å². The lowest BCUT2D eigenvalue weighted by Gasteiger charge is -2.26. The van der Waals surface area contributed by atoms with E-state index in [9.17, 15) is 13.2 Å². The Morgan fingerprint density at radius 1 is 1.10 bits per heavy atom. The van der Waals surface area contributed by atoms with Crippen LogP contribution < -0.4 is 14.4 Å². The predicted octanol–water partition coefficient (Wildman–Crippen LogP) is 2.55. The highest BCUT2D eigenvalue weighted by atomic mass is 32.2. The third kappa shape index (κ3) is 4.17. The molecule has 0 unspecified atom stereocenters. The van der Waals surface area contributed by atoms with E-state index in [0.29, 0.717) is 16.6 Å². The van der Waals surface area contributed by atoms with Crippen molar-refractivity contribution in [3.63, 3.8) is 0 Å². The molecular weight excluding hydrogens is 424 g/mol. The minimum absolute atomic E-state index is 0.0361. The second-order valence-electron chi connectivity index (χ2n) is 7.16. The van der Waals surface area contributed by atoms with Gasteiger partial charge in [0.15, 0.2) is 15.0 Å². The molecule has 0 aromatic heterocycles. The maximum absolute atomic E-state index is 12.7. The molecule has 2 aliphatic heterocycles. The minimum atomic E-state index is -3.13. The number of hydrogen-bond acceptors (Lipinski definition) is 6. The number of amidine groups is 1. The monoisotopic (exact) mass is 446 g/mol. The van der Waals surface area contributed by atoms with Gasteiger partial charge in [0.05, 0.1) is 43.9 Å². The number of carbonyl (C=O) groups is 1. The largest absolute Gasteiger partial charge is 0.497 e. The number of anilines is 1. The van der Waals surface area contributed by atoms with E-state index in [0.717, 1.165) is 11.3 Å². The SMILES string of the molecule is COc1ccc(CC(=O)N=C2S[C@H]3CS(=O)(=O)C[C@@H]3N2c2ccccc2OC)cc1. The molecule has 1 amide bonds. The lowest BCUT2D eigenvalue weighted by Crippen LogP contribution is -2.38. The maximum atomic E-state index is 12.7. The number of benzene rings is 2. The zero-order valence-corrected chi connectivity index (χ0v) is 18.3. The van der Waals surface area contributed by atoms with E-state index in [1.165, 1.54) is 11.8 Å². The Labute approximate surface area is 180 Å². The number of amides is 1. The van der Waals surface area contributed by atoms with Crippen LogP contribution in [0.5, 0.6) is 11.5 Å². The number of sulfone groups is 1. The molecule has 30 heavy (non-hydrogen) atoms. The van der Waals surface area contributed by atoms with Crippen molar-refractivity contribution < 1.29 is 22.7 Å². The van der Waals surface area contributed by atoms with Crippen molar-refractivity contribution in [1.82, 2.24) is 0 Å². The number of fused-ring (bicyclic) bond motifs is 1. The minimum Gasteiger partial charge on any atom is -0.497 e. The molecule has 9 heteroatoms. The summed E-state index contributed by atoms with van der Waals surface area (Å²) in [4.78, 5) is 18.9. The van der Waals surface area contributed by atoms with Gasteiger partial charge in [0.2, 0.25) is 0 Å². The highest BCUT2D eigenvalue weighted by Crippen LogP contribution is 2.43. The molecule has 2 atom stereocenters. The van der Waals surface area contributed by atoms with Crippen molar-refractivity contribution >= 4 is 38.4 Å². The van der Waals surface area contributed by atoms with Crippen LogP contribution >= 0.6 is 11.8 Å². The highest BCUT2D eigenvalue weighted by molar-refractivity contribution is 8.16. The molecule has 158 valence electrons. The molecule has 2 aromatic rings. The summed E-state index contributed by atoms with van der Waals surface area (Å²) >= 11 is 1.35. The van der Waals surface area contributed by atoms with Gasteiger partial charge in [0.25, 0.3) is 5.91 Å². The normalized spacial score (nSPS) is 23.4.